The first-order valence-electron chi connectivity index (χ1n) is 7.88. The van der Waals surface area contributed by atoms with E-state index in [0.717, 1.165) is 31.6 Å². The second-order valence-corrected chi connectivity index (χ2v) is 5.99. The second-order valence-electron chi connectivity index (χ2n) is 5.99. The number of aromatic nitrogens is 2. The first-order valence-corrected chi connectivity index (χ1v) is 7.88. The van der Waals surface area contributed by atoms with Crippen molar-refractivity contribution < 1.29 is 9.18 Å². The average Bonchev–Trinajstić information content (AvgIpc) is 3.18. The molecule has 0 spiro atoms. The highest BCUT2D eigenvalue weighted by Gasteiger charge is 2.19. The third-order valence-electron chi connectivity index (χ3n) is 4.01. The Kier molecular flexibility index (Phi) is 4.71. The van der Waals surface area contributed by atoms with Gasteiger partial charge in [0.2, 0.25) is 5.91 Å². The molecule has 1 fully saturated rings. The molecule has 0 aliphatic carbocycles. The molecule has 0 bridgehead atoms. The second kappa shape index (κ2) is 6.91. The predicted molar refractivity (Wildman–Crippen MR) is 85.7 cm³/mol. The Labute approximate surface area is 135 Å². The first-order chi connectivity index (χ1) is 11.1. The lowest BCUT2D eigenvalue weighted by Crippen LogP contribution is -2.37. The van der Waals surface area contributed by atoms with Crippen LogP contribution in [0, 0.1) is 5.82 Å². The zero-order valence-corrected chi connectivity index (χ0v) is 13.3. The SMILES string of the molecule is CN(CC(=O)N1CCCC1)Cc1ccn(-c2cccc(F)c2)n1. The van der Waals surface area contributed by atoms with E-state index in [9.17, 15) is 9.18 Å². The molecule has 2 heterocycles. The van der Waals surface area contributed by atoms with Gasteiger partial charge < -0.3 is 4.90 Å². The van der Waals surface area contributed by atoms with E-state index in [1.54, 1.807) is 23.0 Å². The first kappa shape index (κ1) is 15.7. The number of carbonyl (C=O) groups excluding carboxylic acids is 1. The van der Waals surface area contributed by atoms with Gasteiger partial charge in [0.1, 0.15) is 5.82 Å². The Morgan fingerprint density at radius 1 is 1.30 bits per heavy atom. The van der Waals surface area contributed by atoms with Crippen LogP contribution < -0.4 is 0 Å². The van der Waals surface area contributed by atoms with E-state index in [0.29, 0.717) is 18.8 Å². The summed E-state index contributed by atoms with van der Waals surface area (Å²) in [5.74, 6) is -0.109. The molecule has 6 heteroatoms. The molecule has 1 saturated heterocycles. The minimum Gasteiger partial charge on any atom is -0.342 e. The molecule has 0 atom stereocenters. The molecule has 1 aromatic carbocycles. The maximum atomic E-state index is 13.3. The minimum absolute atomic E-state index is 0.176. The van der Waals surface area contributed by atoms with Gasteiger partial charge in [-0.3, -0.25) is 9.69 Å². The Morgan fingerprint density at radius 3 is 2.83 bits per heavy atom. The van der Waals surface area contributed by atoms with Crippen LogP contribution in [0.15, 0.2) is 36.5 Å². The van der Waals surface area contributed by atoms with Gasteiger partial charge in [0, 0.05) is 25.8 Å². The summed E-state index contributed by atoms with van der Waals surface area (Å²) in [6, 6.07) is 8.21. The van der Waals surface area contributed by atoms with Gasteiger partial charge in [-0.2, -0.15) is 5.10 Å². The van der Waals surface area contributed by atoms with Gasteiger partial charge in [0.05, 0.1) is 17.9 Å². The topological polar surface area (TPSA) is 41.4 Å². The molecule has 0 saturated carbocycles. The fourth-order valence-corrected chi connectivity index (χ4v) is 2.84. The standard InChI is InChI=1S/C17H21FN4O/c1-20(13-17(23)21-8-2-3-9-21)12-15-7-10-22(19-15)16-6-4-5-14(18)11-16/h4-7,10-11H,2-3,8-9,12-13H2,1H3. The monoisotopic (exact) mass is 316 g/mol. The molecule has 0 unspecified atom stereocenters. The normalized spacial score (nSPS) is 14.7. The molecule has 2 aromatic rings. The van der Waals surface area contributed by atoms with Crippen molar-refractivity contribution in [3.63, 3.8) is 0 Å². The lowest BCUT2D eigenvalue weighted by Gasteiger charge is -2.20. The number of likely N-dealkylation sites (tertiary alicyclic amines) is 1. The molecule has 5 nitrogen and oxygen atoms in total. The van der Waals surface area contributed by atoms with E-state index in [2.05, 4.69) is 5.10 Å². The summed E-state index contributed by atoms with van der Waals surface area (Å²) in [7, 11) is 1.91. The van der Waals surface area contributed by atoms with Crippen molar-refractivity contribution in [3.8, 4) is 5.69 Å². The molecule has 3 rings (SSSR count). The number of rotatable bonds is 5. The van der Waals surface area contributed by atoms with E-state index in [1.807, 2.05) is 22.9 Å². The molecular weight excluding hydrogens is 295 g/mol. The maximum Gasteiger partial charge on any atom is 0.236 e. The fourth-order valence-electron chi connectivity index (χ4n) is 2.84. The largest absolute Gasteiger partial charge is 0.342 e. The van der Waals surface area contributed by atoms with Crippen LogP contribution in [0.4, 0.5) is 4.39 Å². The number of hydrogen-bond donors (Lipinski definition) is 0. The number of halogens is 1. The summed E-state index contributed by atoms with van der Waals surface area (Å²) in [4.78, 5) is 16.0. The van der Waals surface area contributed by atoms with Gasteiger partial charge in [-0.1, -0.05) is 6.07 Å². The van der Waals surface area contributed by atoms with Gasteiger partial charge in [0.25, 0.3) is 0 Å². The summed E-state index contributed by atoms with van der Waals surface area (Å²) in [5.41, 5.74) is 1.54. The molecule has 1 amide bonds. The summed E-state index contributed by atoms with van der Waals surface area (Å²) >= 11 is 0. The van der Waals surface area contributed by atoms with Gasteiger partial charge >= 0.3 is 0 Å². The molecule has 122 valence electrons. The Balaban J connectivity index is 1.59. The average molecular weight is 316 g/mol. The van der Waals surface area contributed by atoms with Crippen LogP contribution >= 0.6 is 0 Å². The van der Waals surface area contributed by atoms with E-state index >= 15 is 0 Å². The van der Waals surface area contributed by atoms with Gasteiger partial charge in [-0.15, -0.1) is 0 Å². The van der Waals surface area contributed by atoms with Crippen LogP contribution in [0.25, 0.3) is 5.69 Å². The zero-order chi connectivity index (χ0) is 16.2. The Hall–Kier alpha value is -2.21. The predicted octanol–water partition coefficient (Wildman–Crippen LogP) is 2.07. The van der Waals surface area contributed by atoms with Crippen molar-refractivity contribution in [1.29, 1.82) is 0 Å². The smallest absolute Gasteiger partial charge is 0.236 e. The number of hydrogen-bond acceptors (Lipinski definition) is 3. The van der Waals surface area contributed by atoms with E-state index < -0.39 is 0 Å². The van der Waals surface area contributed by atoms with Crippen molar-refractivity contribution >= 4 is 5.91 Å². The van der Waals surface area contributed by atoms with Gasteiger partial charge in [-0.05, 0) is 44.2 Å². The number of carbonyl (C=O) groups is 1. The quantitative estimate of drug-likeness (QED) is 0.848. The molecule has 1 aliphatic heterocycles. The third-order valence-corrected chi connectivity index (χ3v) is 4.01. The van der Waals surface area contributed by atoms with Crippen LogP contribution in [0.1, 0.15) is 18.5 Å². The zero-order valence-electron chi connectivity index (χ0n) is 13.3. The van der Waals surface area contributed by atoms with E-state index in [1.165, 1.54) is 12.1 Å². The summed E-state index contributed by atoms with van der Waals surface area (Å²) in [6.07, 6.45) is 4.02. The molecule has 23 heavy (non-hydrogen) atoms. The highest BCUT2D eigenvalue weighted by molar-refractivity contribution is 5.78. The highest BCUT2D eigenvalue weighted by Crippen LogP contribution is 2.11. The van der Waals surface area contributed by atoms with Crippen LogP contribution in [0.3, 0.4) is 0 Å². The van der Waals surface area contributed by atoms with Crippen LogP contribution in [-0.2, 0) is 11.3 Å². The third kappa shape index (κ3) is 3.96. The molecule has 1 aliphatic rings. The summed E-state index contributed by atoms with van der Waals surface area (Å²) < 4.78 is 14.9. The van der Waals surface area contributed by atoms with Gasteiger partial charge in [-0.25, -0.2) is 9.07 Å². The lowest BCUT2D eigenvalue weighted by molar-refractivity contribution is -0.131. The van der Waals surface area contributed by atoms with Crippen molar-refractivity contribution in [2.75, 3.05) is 26.7 Å². The van der Waals surface area contributed by atoms with Crippen molar-refractivity contribution in [1.82, 2.24) is 19.6 Å². The summed E-state index contributed by atoms with van der Waals surface area (Å²) in [5, 5.41) is 4.45. The van der Waals surface area contributed by atoms with Gasteiger partial charge in [0.15, 0.2) is 0 Å². The van der Waals surface area contributed by atoms with E-state index in [-0.39, 0.29) is 11.7 Å². The molecule has 0 radical (unpaired) electrons. The van der Waals surface area contributed by atoms with E-state index in [4.69, 9.17) is 0 Å². The summed E-state index contributed by atoms with van der Waals surface area (Å²) in [6.45, 7) is 2.73. The fraction of sp³-hybridized carbons (Fsp3) is 0.412. The number of likely N-dealkylation sites (N-methyl/N-ethyl adjacent to an activating group) is 1. The van der Waals surface area contributed by atoms with Crippen LogP contribution in [-0.4, -0.2) is 52.2 Å². The van der Waals surface area contributed by atoms with Crippen LogP contribution in [0.5, 0.6) is 0 Å². The number of amides is 1. The van der Waals surface area contributed by atoms with Crippen molar-refractivity contribution in [2.24, 2.45) is 0 Å². The molecular formula is C17H21FN4O. The molecule has 1 aromatic heterocycles. The lowest BCUT2D eigenvalue weighted by atomic mass is 10.3. The van der Waals surface area contributed by atoms with Crippen molar-refractivity contribution in [2.45, 2.75) is 19.4 Å². The maximum absolute atomic E-state index is 13.3. The number of benzene rings is 1. The Bertz CT molecular complexity index is 679. The minimum atomic E-state index is -0.284. The number of nitrogens with zero attached hydrogens (tertiary/aromatic N) is 4. The highest BCUT2D eigenvalue weighted by atomic mass is 19.1. The Morgan fingerprint density at radius 2 is 2.09 bits per heavy atom. The van der Waals surface area contributed by atoms with Crippen molar-refractivity contribution in [3.05, 3.63) is 48.0 Å². The molecule has 0 N–H and O–H groups in total. The van der Waals surface area contributed by atoms with Crippen LogP contribution in [0.2, 0.25) is 0 Å².